The van der Waals surface area contributed by atoms with Gasteiger partial charge in [0.25, 0.3) is 5.91 Å². The molecule has 0 saturated carbocycles. The number of benzene rings is 1. The second kappa shape index (κ2) is 8.56. The number of anilines is 1. The minimum absolute atomic E-state index is 0.0312. The average Bonchev–Trinajstić information content (AvgIpc) is 2.57. The van der Waals surface area contributed by atoms with Gasteiger partial charge in [-0.15, -0.1) is 0 Å². The van der Waals surface area contributed by atoms with Gasteiger partial charge >= 0.3 is 6.18 Å². The molecule has 0 bridgehead atoms. The van der Waals surface area contributed by atoms with Gasteiger partial charge in [0.15, 0.2) is 0 Å². The number of amides is 2. The third-order valence-electron chi connectivity index (χ3n) is 3.81. The average molecular weight is 370 g/mol. The Bertz CT molecular complexity index is 698. The van der Waals surface area contributed by atoms with E-state index in [2.05, 4.69) is 16.7 Å². The minimum Gasteiger partial charge on any atom is -0.376 e. The number of hydrogen-bond acceptors (Lipinski definition) is 4. The maximum Gasteiger partial charge on any atom is 0.405 e. The maximum absolute atomic E-state index is 12.1. The predicted octanol–water partition coefficient (Wildman–Crippen LogP) is 2.45. The summed E-state index contributed by atoms with van der Waals surface area (Å²) in [6, 6.07) is 7.81. The zero-order valence-electron chi connectivity index (χ0n) is 14.7. The number of halogens is 3. The molecule has 142 valence electrons. The minimum atomic E-state index is -4.49. The molecular formula is C17H21F3N4O2. The molecule has 6 nitrogen and oxygen atoms in total. The monoisotopic (exact) mass is 370 g/mol. The third kappa shape index (κ3) is 6.63. The second-order valence-corrected chi connectivity index (χ2v) is 6.25. The van der Waals surface area contributed by atoms with E-state index in [1.807, 2.05) is 0 Å². The van der Waals surface area contributed by atoms with Crippen LogP contribution in [0.1, 0.15) is 31.1 Å². The molecule has 1 atom stereocenters. The van der Waals surface area contributed by atoms with Crippen LogP contribution in [0.15, 0.2) is 24.3 Å². The van der Waals surface area contributed by atoms with Crippen LogP contribution in [0.4, 0.5) is 18.9 Å². The summed E-state index contributed by atoms with van der Waals surface area (Å²) in [6.45, 7) is 3.65. The van der Waals surface area contributed by atoms with E-state index in [0.29, 0.717) is 5.69 Å². The lowest BCUT2D eigenvalue weighted by molar-refractivity contribution is -0.123. The predicted molar refractivity (Wildman–Crippen MR) is 90.3 cm³/mol. The molecule has 9 heteroatoms. The molecule has 0 saturated heterocycles. The van der Waals surface area contributed by atoms with Crippen molar-refractivity contribution < 1.29 is 22.8 Å². The van der Waals surface area contributed by atoms with Crippen LogP contribution in [0.3, 0.4) is 0 Å². The van der Waals surface area contributed by atoms with Gasteiger partial charge < -0.3 is 16.0 Å². The van der Waals surface area contributed by atoms with Gasteiger partial charge in [0.2, 0.25) is 5.91 Å². The van der Waals surface area contributed by atoms with Crippen molar-refractivity contribution in [1.29, 1.82) is 5.26 Å². The van der Waals surface area contributed by atoms with E-state index in [1.165, 1.54) is 18.2 Å². The summed E-state index contributed by atoms with van der Waals surface area (Å²) in [5, 5.41) is 16.4. The highest BCUT2D eigenvalue weighted by Gasteiger charge is 2.30. The molecule has 0 aliphatic heterocycles. The van der Waals surface area contributed by atoms with E-state index in [1.54, 1.807) is 32.2 Å². The highest BCUT2D eigenvalue weighted by atomic mass is 19.4. The standard InChI is InChI=1S/C17H21F3N4O2/c1-11(2)16(3,9-21)24-14(25)8-22-13-6-4-5-12(7-13)15(26)23-10-17(18,19)20/h4-7,11,22H,8,10H2,1-3H3,(H,23,26)(H,24,25)/t16-/m0/s1. The van der Waals surface area contributed by atoms with Crippen molar-refractivity contribution in [1.82, 2.24) is 10.6 Å². The van der Waals surface area contributed by atoms with Crippen LogP contribution in [-0.2, 0) is 4.79 Å². The lowest BCUT2D eigenvalue weighted by atomic mass is 9.90. The Morgan fingerprint density at radius 1 is 1.27 bits per heavy atom. The van der Waals surface area contributed by atoms with Crippen LogP contribution in [0.2, 0.25) is 0 Å². The first-order valence-electron chi connectivity index (χ1n) is 7.88. The van der Waals surface area contributed by atoms with Gasteiger partial charge in [-0.25, -0.2) is 0 Å². The van der Waals surface area contributed by atoms with E-state index in [0.717, 1.165) is 0 Å². The smallest absolute Gasteiger partial charge is 0.376 e. The molecule has 0 heterocycles. The van der Waals surface area contributed by atoms with Crippen molar-refractivity contribution in [2.24, 2.45) is 5.92 Å². The number of nitrogens with zero attached hydrogens (tertiary/aromatic N) is 1. The number of carbonyl (C=O) groups is 2. The zero-order valence-corrected chi connectivity index (χ0v) is 14.7. The zero-order chi connectivity index (χ0) is 20.0. The van der Waals surface area contributed by atoms with Crippen LogP contribution in [0, 0.1) is 17.2 Å². The lowest BCUT2D eigenvalue weighted by Crippen LogP contribution is -2.50. The fraction of sp³-hybridized carbons (Fsp3) is 0.471. The first-order valence-corrected chi connectivity index (χ1v) is 7.88. The molecule has 3 N–H and O–H groups in total. The molecular weight excluding hydrogens is 349 g/mol. The van der Waals surface area contributed by atoms with E-state index < -0.39 is 30.1 Å². The molecule has 0 aromatic heterocycles. The Morgan fingerprint density at radius 3 is 2.46 bits per heavy atom. The fourth-order valence-corrected chi connectivity index (χ4v) is 1.87. The van der Waals surface area contributed by atoms with Crippen LogP contribution in [0.25, 0.3) is 0 Å². The summed E-state index contributed by atoms with van der Waals surface area (Å²) < 4.78 is 36.4. The third-order valence-corrected chi connectivity index (χ3v) is 3.81. The van der Waals surface area contributed by atoms with Gasteiger partial charge in [0, 0.05) is 11.3 Å². The number of nitriles is 1. The summed E-state index contributed by atoms with van der Waals surface area (Å²) >= 11 is 0. The number of nitrogens with one attached hydrogen (secondary N) is 3. The van der Waals surface area contributed by atoms with Crippen LogP contribution < -0.4 is 16.0 Å². The van der Waals surface area contributed by atoms with E-state index in [4.69, 9.17) is 0 Å². The molecule has 0 aliphatic rings. The van der Waals surface area contributed by atoms with Gasteiger partial charge in [-0.05, 0) is 31.0 Å². The van der Waals surface area contributed by atoms with Crippen molar-refractivity contribution in [3.63, 3.8) is 0 Å². The quantitative estimate of drug-likeness (QED) is 0.687. The highest BCUT2D eigenvalue weighted by Crippen LogP contribution is 2.16. The van der Waals surface area contributed by atoms with Gasteiger partial charge in [-0.2, -0.15) is 18.4 Å². The summed E-state index contributed by atoms with van der Waals surface area (Å²) in [5.74, 6) is -1.39. The number of carbonyl (C=O) groups excluding carboxylic acids is 2. The molecule has 0 radical (unpaired) electrons. The molecule has 0 aliphatic carbocycles. The van der Waals surface area contributed by atoms with E-state index in [9.17, 15) is 28.0 Å². The van der Waals surface area contributed by atoms with Gasteiger partial charge in [0.1, 0.15) is 12.1 Å². The van der Waals surface area contributed by atoms with Crippen molar-refractivity contribution in [2.75, 3.05) is 18.4 Å². The van der Waals surface area contributed by atoms with Crippen LogP contribution in [-0.4, -0.2) is 36.6 Å². The molecule has 0 spiro atoms. The Balaban J connectivity index is 2.65. The summed E-state index contributed by atoms with van der Waals surface area (Å²) in [7, 11) is 0. The summed E-state index contributed by atoms with van der Waals surface area (Å²) in [6.07, 6.45) is -4.49. The number of alkyl halides is 3. The largest absolute Gasteiger partial charge is 0.405 e. The molecule has 0 fully saturated rings. The SMILES string of the molecule is CC(C)[C@](C)(C#N)NC(=O)CNc1cccc(C(=O)NCC(F)(F)F)c1. The van der Waals surface area contributed by atoms with Crippen molar-refractivity contribution >= 4 is 17.5 Å². The van der Waals surface area contributed by atoms with E-state index >= 15 is 0 Å². The van der Waals surface area contributed by atoms with Crippen molar-refractivity contribution in [3.8, 4) is 6.07 Å². The highest BCUT2D eigenvalue weighted by molar-refractivity contribution is 5.95. The van der Waals surface area contributed by atoms with Crippen molar-refractivity contribution in [2.45, 2.75) is 32.5 Å². The van der Waals surface area contributed by atoms with Crippen LogP contribution in [0.5, 0.6) is 0 Å². The molecule has 1 aromatic carbocycles. The van der Waals surface area contributed by atoms with Gasteiger partial charge in [-0.1, -0.05) is 19.9 Å². The van der Waals surface area contributed by atoms with Gasteiger partial charge in [-0.3, -0.25) is 9.59 Å². The molecule has 0 unspecified atom stereocenters. The first kappa shape index (κ1) is 21.3. The van der Waals surface area contributed by atoms with Crippen LogP contribution >= 0.6 is 0 Å². The fourth-order valence-electron chi connectivity index (χ4n) is 1.87. The second-order valence-electron chi connectivity index (χ2n) is 6.25. The molecule has 2 amide bonds. The topological polar surface area (TPSA) is 94.0 Å². The maximum atomic E-state index is 12.1. The van der Waals surface area contributed by atoms with Crippen molar-refractivity contribution in [3.05, 3.63) is 29.8 Å². The Labute approximate surface area is 149 Å². The van der Waals surface area contributed by atoms with E-state index in [-0.39, 0.29) is 18.0 Å². The number of rotatable bonds is 7. The molecule has 1 rings (SSSR count). The summed E-state index contributed by atoms with van der Waals surface area (Å²) in [4.78, 5) is 23.7. The summed E-state index contributed by atoms with van der Waals surface area (Å²) in [5.41, 5.74) is -0.593. The Kier molecular flexibility index (Phi) is 7.01. The molecule has 26 heavy (non-hydrogen) atoms. The Morgan fingerprint density at radius 2 is 1.92 bits per heavy atom. The first-order chi connectivity index (χ1) is 12.0. The Hall–Kier alpha value is -2.76. The lowest BCUT2D eigenvalue weighted by Gasteiger charge is -2.27. The normalized spacial score (nSPS) is 13.5. The number of hydrogen-bond donors (Lipinski definition) is 3. The van der Waals surface area contributed by atoms with Gasteiger partial charge in [0.05, 0.1) is 12.6 Å². The molecule has 1 aromatic rings.